The third-order valence-electron chi connectivity index (χ3n) is 7.03. The van der Waals surface area contributed by atoms with Crippen LogP contribution in [-0.2, 0) is 11.3 Å². The molecule has 1 aliphatic rings. The summed E-state index contributed by atoms with van der Waals surface area (Å²) in [6.45, 7) is 6.04. The lowest BCUT2D eigenvalue weighted by atomic mass is 10.1. The number of carbonyl (C=O) groups is 1. The highest BCUT2D eigenvalue weighted by Gasteiger charge is 2.36. The third-order valence-corrected chi connectivity index (χ3v) is 7.03. The molecule has 2 heterocycles. The summed E-state index contributed by atoms with van der Waals surface area (Å²) in [5, 5.41) is 0. The van der Waals surface area contributed by atoms with E-state index >= 15 is 0 Å². The number of para-hydroxylation sites is 3. The minimum absolute atomic E-state index is 0.0321. The number of hydrogen-bond donors (Lipinski definition) is 0. The van der Waals surface area contributed by atoms with Crippen molar-refractivity contribution in [2.75, 3.05) is 32.3 Å². The van der Waals surface area contributed by atoms with E-state index in [1.807, 2.05) is 36.4 Å². The molecular weight excluding hydrogens is 466 g/mol. The van der Waals surface area contributed by atoms with Crippen molar-refractivity contribution >= 4 is 22.6 Å². The van der Waals surface area contributed by atoms with Crippen molar-refractivity contribution in [2.24, 2.45) is 0 Å². The average Bonchev–Trinajstić information content (AvgIpc) is 3.47. The molecule has 0 radical (unpaired) electrons. The number of nitrogens with zero attached hydrogens (tertiary/aromatic N) is 3. The number of fused-ring (bicyclic) bond motifs is 1. The average molecular weight is 500 g/mol. The zero-order valence-corrected chi connectivity index (χ0v) is 21.9. The zero-order chi connectivity index (χ0) is 25.9. The van der Waals surface area contributed by atoms with Crippen molar-refractivity contribution in [3.05, 3.63) is 77.6 Å². The van der Waals surface area contributed by atoms with Gasteiger partial charge in [0.1, 0.15) is 23.1 Å². The van der Waals surface area contributed by atoms with E-state index in [9.17, 15) is 4.79 Å². The standard InChI is InChI=1S/C30H33N3O4/c1-20-9-7-10-21(2)29(20)37-16-8-15-32-25-12-6-5-11-24(25)31-30(32)22-17-28(34)33(19-22)26-18-23(35-3)13-14-27(26)36-4/h5-7,9-14,18,22H,8,15-17,19H2,1-4H3/t22-/m0/s1. The molecular formula is C30H33N3O4. The number of anilines is 1. The Bertz CT molecular complexity index is 1410. The molecule has 0 bridgehead atoms. The van der Waals surface area contributed by atoms with Gasteiger partial charge in [0.25, 0.3) is 0 Å². The van der Waals surface area contributed by atoms with Crippen molar-refractivity contribution in [3.8, 4) is 17.2 Å². The molecule has 7 heteroatoms. The van der Waals surface area contributed by atoms with Crippen molar-refractivity contribution in [1.82, 2.24) is 9.55 Å². The predicted octanol–water partition coefficient (Wildman–Crippen LogP) is 5.66. The normalized spacial score (nSPS) is 15.4. The number of aryl methyl sites for hydroxylation is 3. The largest absolute Gasteiger partial charge is 0.497 e. The fourth-order valence-electron chi connectivity index (χ4n) is 5.19. The van der Waals surface area contributed by atoms with Crippen molar-refractivity contribution in [2.45, 2.75) is 39.2 Å². The molecule has 37 heavy (non-hydrogen) atoms. The van der Waals surface area contributed by atoms with Crippen LogP contribution in [0.1, 0.15) is 35.7 Å². The Morgan fingerprint density at radius 3 is 2.51 bits per heavy atom. The van der Waals surface area contributed by atoms with Crippen LogP contribution in [0.3, 0.4) is 0 Å². The lowest BCUT2D eigenvalue weighted by molar-refractivity contribution is -0.117. The molecule has 7 nitrogen and oxygen atoms in total. The summed E-state index contributed by atoms with van der Waals surface area (Å²) in [6.07, 6.45) is 1.22. The number of benzene rings is 3. The second-order valence-corrected chi connectivity index (χ2v) is 9.48. The van der Waals surface area contributed by atoms with Gasteiger partial charge in [-0.15, -0.1) is 0 Å². The number of hydrogen-bond acceptors (Lipinski definition) is 5. The first kappa shape index (κ1) is 24.7. The second kappa shape index (κ2) is 10.5. The van der Waals surface area contributed by atoms with Gasteiger partial charge in [-0.05, 0) is 55.7 Å². The first-order valence-electron chi connectivity index (χ1n) is 12.7. The molecule has 1 atom stereocenters. The monoisotopic (exact) mass is 499 g/mol. The Hall–Kier alpha value is -4.00. The van der Waals surface area contributed by atoms with E-state index in [0.29, 0.717) is 31.1 Å². The number of methoxy groups -OCH3 is 2. The Morgan fingerprint density at radius 2 is 1.76 bits per heavy atom. The first-order chi connectivity index (χ1) is 18.0. The lowest BCUT2D eigenvalue weighted by Gasteiger charge is -2.20. The summed E-state index contributed by atoms with van der Waals surface area (Å²) in [7, 11) is 3.23. The molecule has 0 saturated carbocycles. The topological polar surface area (TPSA) is 65.8 Å². The van der Waals surface area contributed by atoms with Crippen molar-refractivity contribution in [3.63, 3.8) is 0 Å². The molecule has 1 saturated heterocycles. The van der Waals surface area contributed by atoms with Gasteiger partial charge in [-0.2, -0.15) is 0 Å². The fraction of sp³-hybridized carbons (Fsp3) is 0.333. The lowest BCUT2D eigenvalue weighted by Crippen LogP contribution is -2.25. The molecule has 192 valence electrons. The van der Waals surface area contributed by atoms with Crippen LogP contribution >= 0.6 is 0 Å². The molecule has 1 aliphatic heterocycles. The number of ether oxygens (including phenoxy) is 3. The van der Waals surface area contributed by atoms with E-state index in [1.54, 1.807) is 19.1 Å². The molecule has 1 fully saturated rings. The molecule has 3 aromatic carbocycles. The van der Waals surface area contributed by atoms with Crippen LogP contribution in [0.4, 0.5) is 5.69 Å². The smallest absolute Gasteiger partial charge is 0.227 e. The van der Waals surface area contributed by atoms with E-state index in [4.69, 9.17) is 19.2 Å². The van der Waals surface area contributed by atoms with Gasteiger partial charge in [0.2, 0.25) is 5.91 Å². The molecule has 0 spiro atoms. The number of carbonyl (C=O) groups excluding carboxylic acids is 1. The van der Waals surface area contributed by atoms with Crippen LogP contribution in [0.2, 0.25) is 0 Å². The van der Waals surface area contributed by atoms with Gasteiger partial charge < -0.3 is 23.7 Å². The van der Waals surface area contributed by atoms with E-state index in [0.717, 1.165) is 52.4 Å². The van der Waals surface area contributed by atoms with Crippen LogP contribution < -0.4 is 19.1 Å². The van der Waals surface area contributed by atoms with E-state index in [-0.39, 0.29) is 11.8 Å². The predicted molar refractivity (Wildman–Crippen MR) is 145 cm³/mol. The Morgan fingerprint density at radius 1 is 0.973 bits per heavy atom. The van der Waals surface area contributed by atoms with Crippen molar-refractivity contribution in [1.29, 1.82) is 0 Å². The number of imidazole rings is 1. The van der Waals surface area contributed by atoms with Crippen LogP contribution in [0.25, 0.3) is 11.0 Å². The summed E-state index contributed by atoms with van der Waals surface area (Å²) in [6, 6.07) is 19.9. The minimum Gasteiger partial charge on any atom is -0.497 e. The fourth-order valence-corrected chi connectivity index (χ4v) is 5.19. The molecule has 5 rings (SSSR count). The molecule has 1 aromatic heterocycles. The first-order valence-corrected chi connectivity index (χ1v) is 12.7. The highest BCUT2D eigenvalue weighted by Crippen LogP contribution is 2.39. The summed E-state index contributed by atoms with van der Waals surface area (Å²) < 4.78 is 19.4. The van der Waals surface area contributed by atoms with Crippen LogP contribution in [-0.4, -0.2) is 42.8 Å². The summed E-state index contributed by atoms with van der Waals surface area (Å²) in [5.41, 5.74) is 5.03. The SMILES string of the molecule is COc1ccc(OC)c(N2C[C@@H](c3nc4ccccc4n3CCCOc3c(C)cccc3C)CC2=O)c1. The van der Waals surface area contributed by atoms with Gasteiger partial charge >= 0.3 is 0 Å². The maximum Gasteiger partial charge on any atom is 0.227 e. The highest BCUT2D eigenvalue weighted by atomic mass is 16.5. The van der Waals surface area contributed by atoms with E-state index < -0.39 is 0 Å². The van der Waals surface area contributed by atoms with E-state index in [2.05, 4.69) is 42.7 Å². The summed E-state index contributed by atoms with van der Waals surface area (Å²) >= 11 is 0. The molecule has 4 aromatic rings. The van der Waals surface area contributed by atoms with Gasteiger partial charge in [-0.25, -0.2) is 4.98 Å². The van der Waals surface area contributed by atoms with Gasteiger partial charge in [-0.3, -0.25) is 4.79 Å². The summed E-state index contributed by atoms with van der Waals surface area (Å²) in [5.74, 6) is 3.24. The van der Waals surface area contributed by atoms with Crippen LogP contribution in [0.5, 0.6) is 17.2 Å². The molecule has 0 N–H and O–H groups in total. The molecule has 0 aliphatic carbocycles. The highest BCUT2D eigenvalue weighted by molar-refractivity contribution is 5.98. The number of amides is 1. The summed E-state index contributed by atoms with van der Waals surface area (Å²) in [4.78, 5) is 20.0. The second-order valence-electron chi connectivity index (χ2n) is 9.48. The minimum atomic E-state index is -0.0321. The van der Waals surface area contributed by atoms with Crippen LogP contribution in [0, 0.1) is 13.8 Å². The number of aromatic nitrogens is 2. The Kier molecular flexibility index (Phi) is 7.04. The van der Waals surface area contributed by atoms with Gasteiger partial charge in [0, 0.05) is 31.5 Å². The van der Waals surface area contributed by atoms with Gasteiger partial charge in [0.15, 0.2) is 0 Å². The molecule has 0 unspecified atom stereocenters. The van der Waals surface area contributed by atoms with Crippen molar-refractivity contribution < 1.29 is 19.0 Å². The molecule has 1 amide bonds. The van der Waals surface area contributed by atoms with E-state index in [1.165, 1.54) is 0 Å². The Balaban J connectivity index is 1.38. The van der Waals surface area contributed by atoms with Gasteiger partial charge in [-0.1, -0.05) is 30.3 Å². The van der Waals surface area contributed by atoms with Crippen LogP contribution in [0.15, 0.2) is 60.7 Å². The quantitative estimate of drug-likeness (QED) is 0.278. The maximum absolute atomic E-state index is 13.2. The number of rotatable bonds is 9. The maximum atomic E-state index is 13.2. The third kappa shape index (κ3) is 4.86. The zero-order valence-electron chi connectivity index (χ0n) is 21.9. The van der Waals surface area contributed by atoms with Gasteiger partial charge in [0.05, 0.1) is 37.5 Å². The Labute approximate surface area is 217 Å².